The van der Waals surface area contributed by atoms with Crippen LogP contribution in [0.5, 0.6) is 0 Å². The number of hydrogen-bond acceptors (Lipinski definition) is 11. The average Bonchev–Trinajstić information content (AvgIpc) is 3.81. The molecule has 14 nitrogen and oxygen atoms in total. The Morgan fingerprint density at radius 3 is 1.81 bits per heavy atom. The third-order valence-corrected chi connectivity index (χ3v) is 10.9. The lowest BCUT2D eigenvalue weighted by molar-refractivity contribution is 0.0187. The zero-order valence-electron chi connectivity index (χ0n) is 31.4. The highest BCUT2D eigenvalue weighted by molar-refractivity contribution is 9.11. The molecule has 2 atom stereocenters. The summed E-state index contributed by atoms with van der Waals surface area (Å²) in [6.45, 7) is 15.8. The van der Waals surface area contributed by atoms with Crippen LogP contribution in [0.15, 0.2) is 39.5 Å². The van der Waals surface area contributed by atoms with Gasteiger partial charge in [0.25, 0.3) is 0 Å². The average molecular weight is 909 g/mol. The Kier molecular flexibility index (Phi) is 12.1. The fourth-order valence-electron chi connectivity index (χ4n) is 6.35. The molecule has 7 heterocycles. The van der Waals surface area contributed by atoms with Crippen LogP contribution >= 0.6 is 55.0 Å². The van der Waals surface area contributed by atoms with Gasteiger partial charge >= 0.3 is 12.2 Å². The zero-order chi connectivity index (χ0) is 38.9. The second-order valence-electron chi connectivity index (χ2n) is 15.5. The fourth-order valence-corrected chi connectivity index (χ4v) is 7.95. The first-order valence-electron chi connectivity index (χ1n) is 17.8. The van der Waals surface area contributed by atoms with Gasteiger partial charge < -0.3 is 24.6 Å². The molecule has 1 N–H and O–H groups in total. The van der Waals surface area contributed by atoms with Crippen LogP contribution in [0.25, 0.3) is 11.3 Å². The van der Waals surface area contributed by atoms with Crippen molar-refractivity contribution in [3.8, 4) is 0 Å². The molecule has 7 rings (SSSR count). The smallest absolute Gasteiger partial charge is 0.410 e. The van der Waals surface area contributed by atoms with E-state index in [-0.39, 0.29) is 24.0 Å². The van der Waals surface area contributed by atoms with Crippen LogP contribution in [0.2, 0.25) is 5.15 Å². The number of piperidine rings is 2. The van der Waals surface area contributed by atoms with Gasteiger partial charge in [-0.15, -0.1) is 0 Å². The molecule has 2 aliphatic rings. The molecule has 5 aromatic rings. The molecular formula is C36H45Br2ClN10O4S. The summed E-state index contributed by atoms with van der Waals surface area (Å²) in [7, 11) is 0. The Morgan fingerprint density at radius 1 is 0.815 bits per heavy atom. The van der Waals surface area contributed by atoms with E-state index < -0.39 is 11.2 Å². The second kappa shape index (κ2) is 16.3. The monoisotopic (exact) mass is 906 g/mol. The van der Waals surface area contributed by atoms with Crippen molar-refractivity contribution in [2.45, 2.75) is 97.2 Å². The van der Waals surface area contributed by atoms with E-state index in [9.17, 15) is 9.59 Å². The van der Waals surface area contributed by atoms with Crippen molar-refractivity contribution in [3.63, 3.8) is 0 Å². The number of nitrogens with one attached hydrogen (secondary N) is 1. The number of nitrogens with zero attached hydrogens (tertiary/aromatic N) is 9. The second-order valence-corrected chi connectivity index (χ2v) is 18.4. The van der Waals surface area contributed by atoms with Crippen LogP contribution in [0, 0.1) is 6.92 Å². The summed E-state index contributed by atoms with van der Waals surface area (Å²) in [4.78, 5) is 38.0. The maximum absolute atomic E-state index is 12.6. The third-order valence-electron chi connectivity index (χ3n) is 8.72. The molecule has 5 aromatic heterocycles. The predicted octanol–water partition coefficient (Wildman–Crippen LogP) is 9.37. The minimum Gasteiger partial charge on any atom is -0.444 e. The zero-order valence-corrected chi connectivity index (χ0v) is 36.1. The lowest BCUT2D eigenvalue weighted by atomic mass is 9.94. The largest absolute Gasteiger partial charge is 0.444 e. The van der Waals surface area contributed by atoms with Crippen molar-refractivity contribution in [2.75, 3.05) is 31.5 Å². The molecule has 2 fully saturated rings. The van der Waals surface area contributed by atoms with Crippen molar-refractivity contribution in [2.24, 2.45) is 0 Å². The molecule has 2 aliphatic heterocycles. The summed E-state index contributed by atoms with van der Waals surface area (Å²) in [6.07, 6.45) is 6.62. The van der Waals surface area contributed by atoms with Gasteiger partial charge in [0.05, 0.1) is 38.4 Å². The summed E-state index contributed by atoms with van der Waals surface area (Å²) < 4.78 is 20.4. The maximum Gasteiger partial charge on any atom is 0.410 e. The van der Waals surface area contributed by atoms with Crippen molar-refractivity contribution >= 4 is 89.3 Å². The van der Waals surface area contributed by atoms with Crippen LogP contribution < -0.4 is 5.32 Å². The van der Waals surface area contributed by atoms with E-state index in [1.165, 1.54) is 11.5 Å². The minimum atomic E-state index is -0.506. The quantitative estimate of drug-likeness (QED) is 0.173. The molecule has 0 bridgehead atoms. The molecule has 0 radical (unpaired) electrons. The number of amides is 2. The predicted molar refractivity (Wildman–Crippen MR) is 216 cm³/mol. The van der Waals surface area contributed by atoms with Crippen LogP contribution in [0.3, 0.4) is 0 Å². The number of carbonyl (C=O) groups is 2. The normalized spacial score (nSPS) is 18.0. The van der Waals surface area contributed by atoms with Gasteiger partial charge in [0, 0.05) is 44.1 Å². The third kappa shape index (κ3) is 9.81. The molecule has 0 aromatic carbocycles. The summed E-state index contributed by atoms with van der Waals surface area (Å²) >= 11 is 14.7. The number of aromatic nitrogens is 7. The van der Waals surface area contributed by atoms with Crippen LogP contribution in [0.4, 0.5) is 20.4 Å². The first-order chi connectivity index (χ1) is 25.4. The molecule has 290 valence electrons. The van der Waals surface area contributed by atoms with Crippen molar-refractivity contribution in [3.05, 3.63) is 61.8 Å². The number of carbonyl (C=O) groups excluding carboxylic acids is 2. The van der Waals surface area contributed by atoms with Gasteiger partial charge in [0.2, 0.25) is 0 Å². The van der Waals surface area contributed by atoms with Gasteiger partial charge in [-0.05, 0) is 130 Å². The highest BCUT2D eigenvalue weighted by Crippen LogP contribution is 2.33. The number of hydrogen-bond donors (Lipinski definition) is 1. The van der Waals surface area contributed by atoms with Gasteiger partial charge in [-0.1, -0.05) is 11.6 Å². The summed E-state index contributed by atoms with van der Waals surface area (Å²) in [5.41, 5.74) is 3.20. The molecule has 0 aliphatic carbocycles. The number of rotatable bonds is 4. The van der Waals surface area contributed by atoms with Crippen molar-refractivity contribution in [1.82, 2.24) is 43.4 Å². The summed E-state index contributed by atoms with van der Waals surface area (Å²) in [6, 6.07) is 5.85. The van der Waals surface area contributed by atoms with Gasteiger partial charge in [0.1, 0.15) is 27.2 Å². The van der Waals surface area contributed by atoms with Crippen molar-refractivity contribution in [1.29, 1.82) is 0 Å². The SMILES string of the molecule is CC(C)(C)OC(=O)N1CCCC(c2cc(Cl)n3ncc(Br)c3n2)C1.Cc1cc(Nc2cc(C3CCCN(C(=O)OC(C)(C)C)C3)nc3c(Br)cnn23)sn1. The van der Waals surface area contributed by atoms with E-state index >= 15 is 0 Å². The van der Waals surface area contributed by atoms with E-state index in [1.54, 1.807) is 31.2 Å². The van der Waals surface area contributed by atoms with Gasteiger partial charge in [-0.3, -0.25) is 0 Å². The van der Waals surface area contributed by atoms with E-state index in [0.29, 0.717) is 37.0 Å². The molecule has 2 amide bonds. The first kappa shape index (κ1) is 40.1. The lowest BCUT2D eigenvalue weighted by Crippen LogP contribution is -2.42. The van der Waals surface area contributed by atoms with Gasteiger partial charge in [-0.25, -0.2) is 24.1 Å². The minimum absolute atomic E-state index is 0.127. The van der Waals surface area contributed by atoms with E-state index in [2.05, 4.69) is 56.7 Å². The maximum atomic E-state index is 12.6. The summed E-state index contributed by atoms with van der Waals surface area (Å²) in [5, 5.41) is 13.5. The fraction of sp³-hybridized carbons (Fsp3) is 0.528. The molecule has 54 heavy (non-hydrogen) atoms. The molecule has 2 unspecified atom stereocenters. The standard InChI is InChI=1S/C20H25BrN6O2S.C16H20BrClN4O2/c1-12-8-17(30-25-12)24-16-9-15(23-18-14(21)10-22-27(16)18)13-6-5-7-26(11-13)19(28)29-20(2,3)4;1-16(2,3)24-15(23)21-6-4-5-10(9-21)12-7-13(18)22-14(20-12)11(17)8-19-22/h8-10,13,24H,5-7,11H2,1-4H3;7-8,10H,4-6,9H2,1-3H3. The molecule has 18 heteroatoms. The molecule has 0 saturated carbocycles. The van der Waals surface area contributed by atoms with Crippen LogP contribution in [-0.4, -0.2) is 92.9 Å². The number of likely N-dealkylation sites (tertiary alicyclic amines) is 2. The Labute approximate surface area is 340 Å². The number of halogens is 3. The van der Waals surface area contributed by atoms with E-state index in [1.807, 2.05) is 66.7 Å². The highest BCUT2D eigenvalue weighted by Gasteiger charge is 2.31. The number of aryl methyl sites for hydroxylation is 1. The number of ether oxygens (including phenoxy) is 2. The molecule has 2 saturated heterocycles. The van der Waals surface area contributed by atoms with Crippen LogP contribution in [0.1, 0.15) is 96.1 Å². The van der Waals surface area contributed by atoms with E-state index in [0.717, 1.165) is 68.2 Å². The van der Waals surface area contributed by atoms with E-state index in [4.69, 9.17) is 26.1 Å². The van der Waals surface area contributed by atoms with Gasteiger partial charge in [0.15, 0.2) is 11.3 Å². The van der Waals surface area contributed by atoms with Crippen LogP contribution in [-0.2, 0) is 9.47 Å². The summed E-state index contributed by atoms with van der Waals surface area (Å²) in [5.74, 6) is 1.08. The Balaban J connectivity index is 0.000000189. The van der Waals surface area contributed by atoms with Gasteiger partial charge in [-0.2, -0.15) is 19.1 Å². The topological polar surface area (TPSA) is 144 Å². The Bertz CT molecular complexity index is 2140. The molecule has 0 spiro atoms. The lowest BCUT2D eigenvalue weighted by Gasteiger charge is -2.34. The van der Waals surface area contributed by atoms with Crippen molar-refractivity contribution < 1.29 is 19.1 Å². The Hall–Kier alpha value is -3.54. The number of fused-ring (bicyclic) bond motifs is 2. The highest BCUT2D eigenvalue weighted by atomic mass is 79.9. The number of anilines is 2. The first-order valence-corrected chi connectivity index (χ1v) is 20.6. The Morgan fingerprint density at radius 2 is 1.31 bits per heavy atom. The molecular weight excluding hydrogens is 864 g/mol.